The second kappa shape index (κ2) is 9.49. The minimum atomic E-state index is -0.324. The first kappa shape index (κ1) is 21.4. The fourth-order valence-electron chi connectivity index (χ4n) is 4.20. The molecule has 1 fully saturated rings. The highest BCUT2D eigenvalue weighted by atomic mass is 35.5. The van der Waals surface area contributed by atoms with Crippen molar-refractivity contribution in [1.82, 2.24) is 9.88 Å². The number of hydrogen-bond donors (Lipinski definition) is 1. The van der Waals surface area contributed by atoms with E-state index in [0.717, 1.165) is 42.6 Å². The molecule has 1 amide bonds. The number of esters is 1. The Morgan fingerprint density at radius 1 is 1.21 bits per heavy atom. The number of benzene rings is 1. The number of carbonyl (C=O) groups is 2. The molecule has 1 aromatic carbocycles. The van der Waals surface area contributed by atoms with Crippen molar-refractivity contribution in [3.05, 3.63) is 57.4 Å². The summed E-state index contributed by atoms with van der Waals surface area (Å²) in [5.41, 5.74) is 3.66. The second-order valence-electron chi connectivity index (χ2n) is 7.68. The molecule has 3 rings (SSSR count). The summed E-state index contributed by atoms with van der Waals surface area (Å²) >= 11 is 6.13. The maximum Gasteiger partial charge on any atom is 0.340 e. The minimum absolute atomic E-state index is 0.0243. The molecular weight excluding hydrogens is 388 g/mol. The largest absolute Gasteiger partial charge is 0.462 e. The summed E-state index contributed by atoms with van der Waals surface area (Å²) in [6.45, 7) is 6.34. The molecule has 1 aliphatic carbocycles. The fourth-order valence-corrected chi connectivity index (χ4v) is 4.39. The SMILES string of the molecule is CCOC(=O)c1c(C)[nH]c(CN(C(=O)c2cccc(Cl)c2)C2CCCCC2)c1C. The van der Waals surface area contributed by atoms with Crippen molar-refractivity contribution in [1.29, 1.82) is 0 Å². The predicted molar refractivity (Wildman–Crippen MR) is 114 cm³/mol. The van der Waals surface area contributed by atoms with E-state index in [0.29, 0.717) is 29.3 Å². The first-order chi connectivity index (χ1) is 13.9. The number of amides is 1. The number of halogens is 1. The summed E-state index contributed by atoms with van der Waals surface area (Å²) in [6, 6.07) is 7.28. The number of hydrogen-bond acceptors (Lipinski definition) is 3. The molecule has 1 aliphatic rings. The monoisotopic (exact) mass is 416 g/mol. The molecule has 0 atom stereocenters. The van der Waals surface area contributed by atoms with E-state index >= 15 is 0 Å². The van der Waals surface area contributed by atoms with Gasteiger partial charge < -0.3 is 14.6 Å². The van der Waals surface area contributed by atoms with Crippen molar-refractivity contribution < 1.29 is 14.3 Å². The predicted octanol–water partition coefficient (Wildman–Crippen LogP) is 5.44. The van der Waals surface area contributed by atoms with Gasteiger partial charge >= 0.3 is 5.97 Å². The number of ether oxygens (including phenoxy) is 1. The van der Waals surface area contributed by atoms with Crippen LogP contribution in [0.15, 0.2) is 24.3 Å². The standard InChI is InChI=1S/C23H29ClN2O3/c1-4-29-23(28)21-15(2)20(25-16(21)3)14-26(19-11-6-5-7-12-19)22(27)17-9-8-10-18(24)13-17/h8-10,13,19,25H,4-7,11-12,14H2,1-3H3. The number of nitrogens with zero attached hydrogens (tertiary/aromatic N) is 1. The molecule has 29 heavy (non-hydrogen) atoms. The lowest BCUT2D eigenvalue weighted by Gasteiger charge is -2.34. The number of aromatic amines is 1. The highest BCUT2D eigenvalue weighted by Gasteiger charge is 2.29. The molecule has 6 heteroatoms. The Balaban J connectivity index is 1.92. The van der Waals surface area contributed by atoms with Gasteiger partial charge in [0.2, 0.25) is 0 Å². The van der Waals surface area contributed by atoms with Gasteiger partial charge in [-0.3, -0.25) is 4.79 Å². The number of carbonyl (C=O) groups excluding carboxylic acids is 2. The van der Waals surface area contributed by atoms with Crippen molar-refractivity contribution in [3.8, 4) is 0 Å². The minimum Gasteiger partial charge on any atom is -0.462 e. The van der Waals surface area contributed by atoms with Gasteiger partial charge in [-0.1, -0.05) is 36.9 Å². The van der Waals surface area contributed by atoms with Crippen molar-refractivity contribution in [2.45, 2.75) is 65.5 Å². The molecule has 156 valence electrons. The van der Waals surface area contributed by atoms with Gasteiger partial charge in [-0.25, -0.2) is 4.79 Å². The molecule has 5 nitrogen and oxygen atoms in total. The fraction of sp³-hybridized carbons (Fsp3) is 0.478. The highest BCUT2D eigenvalue weighted by molar-refractivity contribution is 6.30. The highest BCUT2D eigenvalue weighted by Crippen LogP contribution is 2.28. The van der Waals surface area contributed by atoms with Crippen molar-refractivity contribution in [2.75, 3.05) is 6.61 Å². The van der Waals surface area contributed by atoms with E-state index in [1.165, 1.54) is 6.42 Å². The summed E-state index contributed by atoms with van der Waals surface area (Å²) in [7, 11) is 0. The molecule has 0 bridgehead atoms. The van der Waals surface area contributed by atoms with Gasteiger partial charge in [-0.15, -0.1) is 0 Å². The van der Waals surface area contributed by atoms with Crippen LogP contribution in [0.1, 0.15) is 76.7 Å². The smallest absolute Gasteiger partial charge is 0.340 e. The van der Waals surface area contributed by atoms with Crippen LogP contribution >= 0.6 is 11.6 Å². The van der Waals surface area contributed by atoms with Crippen LogP contribution in [0.3, 0.4) is 0 Å². The second-order valence-corrected chi connectivity index (χ2v) is 8.12. The molecule has 0 radical (unpaired) electrons. The van der Waals surface area contributed by atoms with Crippen LogP contribution in [0.25, 0.3) is 0 Å². The van der Waals surface area contributed by atoms with E-state index in [1.807, 2.05) is 18.7 Å². The number of nitrogens with one attached hydrogen (secondary N) is 1. The zero-order valence-electron chi connectivity index (χ0n) is 17.4. The van der Waals surface area contributed by atoms with Crippen LogP contribution in [-0.2, 0) is 11.3 Å². The van der Waals surface area contributed by atoms with Gasteiger partial charge in [0.05, 0.1) is 18.7 Å². The Morgan fingerprint density at radius 3 is 2.59 bits per heavy atom. The van der Waals surface area contributed by atoms with Crippen LogP contribution in [0.5, 0.6) is 0 Å². The first-order valence-electron chi connectivity index (χ1n) is 10.3. The average Bonchev–Trinajstić information content (AvgIpc) is 2.99. The molecule has 0 saturated heterocycles. The number of H-pyrrole nitrogens is 1. The summed E-state index contributed by atoms with van der Waals surface area (Å²) < 4.78 is 5.20. The lowest BCUT2D eigenvalue weighted by Crippen LogP contribution is -2.41. The molecule has 0 unspecified atom stereocenters. The van der Waals surface area contributed by atoms with Crippen LogP contribution in [0, 0.1) is 13.8 Å². The van der Waals surface area contributed by atoms with E-state index in [1.54, 1.807) is 31.2 Å². The summed E-state index contributed by atoms with van der Waals surface area (Å²) in [4.78, 5) is 31.0. The third-order valence-electron chi connectivity index (χ3n) is 5.70. The molecule has 1 heterocycles. The van der Waals surface area contributed by atoms with E-state index in [4.69, 9.17) is 16.3 Å². The maximum absolute atomic E-state index is 13.4. The number of rotatable bonds is 6. The molecule has 1 saturated carbocycles. The van der Waals surface area contributed by atoms with Gasteiger partial charge in [-0.2, -0.15) is 0 Å². The Kier molecular flexibility index (Phi) is 7.01. The van der Waals surface area contributed by atoms with Gasteiger partial charge in [0.1, 0.15) is 0 Å². The zero-order valence-corrected chi connectivity index (χ0v) is 18.1. The van der Waals surface area contributed by atoms with Crippen LogP contribution in [0.4, 0.5) is 0 Å². The molecule has 1 aromatic heterocycles. The summed E-state index contributed by atoms with van der Waals surface area (Å²) in [6.07, 6.45) is 5.45. The Labute approximate surface area is 177 Å². The van der Waals surface area contributed by atoms with Crippen molar-refractivity contribution in [2.24, 2.45) is 0 Å². The Hall–Kier alpha value is -2.27. The topological polar surface area (TPSA) is 62.4 Å². The van der Waals surface area contributed by atoms with E-state index in [9.17, 15) is 9.59 Å². The van der Waals surface area contributed by atoms with Gasteiger partial charge in [0, 0.05) is 28.0 Å². The summed E-state index contributed by atoms with van der Waals surface area (Å²) in [5, 5.41) is 0.552. The molecular formula is C23H29ClN2O3. The number of aromatic nitrogens is 1. The Bertz CT molecular complexity index is 884. The van der Waals surface area contributed by atoms with Crippen LogP contribution < -0.4 is 0 Å². The van der Waals surface area contributed by atoms with Gasteiger partial charge in [-0.05, 0) is 57.4 Å². The average molecular weight is 417 g/mol. The number of aryl methyl sites for hydroxylation is 1. The van der Waals surface area contributed by atoms with E-state index in [2.05, 4.69) is 4.98 Å². The lowest BCUT2D eigenvalue weighted by atomic mass is 9.93. The summed E-state index contributed by atoms with van der Waals surface area (Å²) in [5.74, 6) is -0.348. The van der Waals surface area contributed by atoms with Crippen LogP contribution in [0.2, 0.25) is 5.02 Å². The first-order valence-corrected chi connectivity index (χ1v) is 10.7. The quantitative estimate of drug-likeness (QED) is 0.638. The molecule has 1 N–H and O–H groups in total. The van der Waals surface area contributed by atoms with Crippen molar-refractivity contribution in [3.63, 3.8) is 0 Å². The third-order valence-corrected chi connectivity index (χ3v) is 5.93. The maximum atomic E-state index is 13.4. The van der Waals surface area contributed by atoms with Crippen molar-refractivity contribution >= 4 is 23.5 Å². The van der Waals surface area contributed by atoms with Crippen LogP contribution in [-0.4, -0.2) is 34.4 Å². The normalized spacial score (nSPS) is 14.6. The Morgan fingerprint density at radius 2 is 1.93 bits per heavy atom. The lowest BCUT2D eigenvalue weighted by molar-refractivity contribution is 0.0524. The molecule has 2 aromatic rings. The zero-order chi connectivity index (χ0) is 21.0. The molecule has 0 aliphatic heterocycles. The molecule has 0 spiro atoms. The van der Waals surface area contributed by atoms with Gasteiger partial charge in [0.25, 0.3) is 5.91 Å². The van der Waals surface area contributed by atoms with E-state index < -0.39 is 0 Å². The van der Waals surface area contributed by atoms with Gasteiger partial charge in [0.15, 0.2) is 0 Å². The third kappa shape index (κ3) is 4.84. The van der Waals surface area contributed by atoms with E-state index in [-0.39, 0.29) is 17.9 Å².